The summed E-state index contributed by atoms with van der Waals surface area (Å²) >= 11 is 0. The molecule has 0 saturated carbocycles. The van der Waals surface area contributed by atoms with Crippen molar-refractivity contribution in [2.24, 2.45) is 0 Å². The monoisotopic (exact) mass is 447 g/mol. The third kappa shape index (κ3) is 6.39. The molecule has 11 heteroatoms. The zero-order valence-corrected chi connectivity index (χ0v) is 18.6. The molecule has 9 nitrogen and oxygen atoms in total. The SMILES string of the molecule is CCCS(=O)(=O)N1CCC(NC(=O)[C@H](C)NS(=O)(=O)c2ccc(OC)cc2)CC1. The van der Waals surface area contributed by atoms with E-state index < -0.39 is 32.0 Å². The Morgan fingerprint density at radius 2 is 1.76 bits per heavy atom. The van der Waals surface area contributed by atoms with Crippen molar-refractivity contribution in [1.82, 2.24) is 14.3 Å². The van der Waals surface area contributed by atoms with E-state index >= 15 is 0 Å². The Morgan fingerprint density at radius 1 is 1.17 bits per heavy atom. The quantitative estimate of drug-likeness (QED) is 0.574. The summed E-state index contributed by atoms with van der Waals surface area (Å²) < 4.78 is 57.9. The minimum atomic E-state index is -3.86. The summed E-state index contributed by atoms with van der Waals surface area (Å²) in [6.45, 7) is 3.98. The molecular formula is C18H29N3O6S2. The fraction of sp³-hybridized carbons (Fsp3) is 0.611. The predicted molar refractivity (Wildman–Crippen MR) is 110 cm³/mol. The van der Waals surface area contributed by atoms with Gasteiger partial charge in [0, 0.05) is 19.1 Å². The second-order valence-corrected chi connectivity index (χ2v) is 10.8. The first-order chi connectivity index (χ1) is 13.6. The summed E-state index contributed by atoms with van der Waals surface area (Å²) in [6.07, 6.45) is 1.55. The highest BCUT2D eigenvalue weighted by Gasteiger charge is 2.29. The van der Waals surface area contributed by atoms with Crippen LogP contribution in [0.4, 0.5) is 0 Å². The van der Waals surface area contributed by atoms with Crippen molar-refractivity contribution in [3.8, 4) is 5.75 Å². The first kappa shape index (κ1) is 23.6. The summed E-state index contributed by atoms with van der Waals surface area (Å²) in [5.74, 6) is 0.202. The molecule has 1 aromatic carbocycles. The number of hydrogen-bond acceptors (Lipinski definition) is 6. The number of piperidine rings is 1. The van der Waals surface area contributed by atoms with Gasteiger partial charge in [-0.05, 0) is 50.5 Å². The van der Waals surface area contributed by atoms with Crippen molar-refractivity contribution in [2.75, 3.05) is 26.0 Å². The van der Waals surface area contributed by atoms with E-state index in [-0.39, 0.29) is 16.7 Å². The molecule has 1 heterocycles. The molecule has 1 aromatic rings. The Kier molecular flexibility index (Phi) is 8.03. The van der Waals surface area contributed by atoms with Gasteiger partial charge in [0.2, 0.25) is 26.0 Å². The highest BCUT2D eigenvalue weighted by molar-refractivity contribution is 7.89. The van der Waals surface area contributed by atoms with Gasteiger partial charge in [-0.15, -0.1) is 0 Å². The van der Waals surface area contributed by atoms with Crippen LogP contribution in [-0.4, -0.2) is 65.1 Å². The maximum absolute atomic E-state index is 12.4. The molecule has 0 spiro atoms. The molecule has 2 rings (SSSR count). The number of ether oxygens (including phenoxy) is 1. The lowest BCUT2D eigenvalue weighted by molar-refractivity contribution is -0.123. The van der Waals surface area contributed by atoms with Gasteiger partial charge in [-0.25, -0.2) is 21.1 Å². The van der Waals surface area contributed by atoms with E-state index in [0.717, 1.165) is 0 Å². The molecule has 1 aliphatic heterocycles. The summed E-state index contributed by atoms with van der Waals surface area (Å²) in [5.41, 5.74) is 0. The second kappa shape index (κ2) is 9.88. The molecule has 1 saturated heterocycles. The van der Waals surface area contributed by atoms with Crippen LogP contribution in [-0.2, 0) is 24.8 Å². The van der Waals surface area contributed by atoms with Gasteiger partial charge in [0.25, 0.3) is 0 Å². The molecule has 1 amide bonds. The molecule has 29 heavy (non-hydrogen) atoms. The first-order valence-corrected chi connectivity index (χ1v) is 12.6. The van der Waals surface area contributed by atoms with Crippen LogP contribution in [0.5, 0.6) is 5.75 Å². The first-order valence-electron chi connectivity index (χ1n) is 9.53. The number of nitrogens with zero attached hydrogens (tertiary/aromatic N) is 1. The third-order valence-electron chi connectivity index (χ3n) is 4.75. The smallest absolute Gasteiger partial charge is 0.241 e. The number of carbonyl (C=O) groups is 1. The average Bonchev–Trinajstić information content (AvgIpc) is 2.68. The predicted octanol–water partition coefficient (Wildman–Crippen LogP) is 0.682. The van der Waals surface area contributed by atoms with Gasteiger partial charge >= 0.3 is 0 Å². The van der Waals surface area contributed by atoms with Gasteiger partial charge in [0.15, 0.2) is 0 Å². The molecule has 2 N–H and O–H groups in total. The molecule has 0 aromatic heterocycles. The highest BCUT2D eigenvalue weighted by Crippen LogP contribution is 2.17. The normalized spacial score (nSPS) is 17.6. The van der Waals surface area contributed by atoms with Crippen LogP contribution in [0.1, 0.15) is 33.1 Å². The third-order valence-corrected chi connectivity index (χ3v) is 8.38. The van der Waals surface area contributed by atoms with Gasteiger partial charge in [-0.1, -0.05) is 6.92 Å². The summed E-state index contributed by atoms with van der Waals surface area (Å²) in [5, 5.41) is 2.81. The maximum atomic E-state index is 12.4. The van der Waals surface area contributed by atoms with Crippen LogP contribution < -0.4 is 14.8 Å². The average molecular weight is 448 g/mol. The molecular weight excluding hydrogens is 418 g/mol. The molecule has 0 radical (unpaired) electrons. The Bertz CT molecular complexity index is 892. The minimum Gasteiger partial charge on any atom is -0.497 e. The zero-order chi connectivity index (χ0) is 21.7. The van der Waals surface area contributed by atoms with Crippen molar-refractivity contribution in [1.29, 1.82) is 0 Å². The number of amides is 1. The molecule has 0 aliphatic carbocycles. The highest BCUT2D eigenvalue weighted by atomic mass is 32.2. The van der Waals surface area contributed by atoms with E-state index in [0.29, 0.717) is 38.1 Å². The number of benzene rings is 1. The van der Waals surface area contributed by atoms with Crippen LogP contribution in [0.15, 0.2) is 29.2 Å². The van der Waals surface area contributed by atoms with Crippen molar-refractivity contribution >= 4 is 26.0 Å². The van der Waals surface area contributed by atoms with Gasteiger partial charge in [-0.2, -0.15) is 4.72 Å². The summed E-state index contributed by atoms with van der Waals surface area (Å²) in [4.78, 5) is 12.4. The lowest BCUT2D eigenvalue weighted by atomic mass is 10.1. The van der Waals surface area contributed by atoms with E-state index in [4.69, 9.17) is 4.74 Å². The zero-order valence-electron chi connectivity index (χ0n) is 16.9. The number of rotatable bonds is 9. The number of methoxy groups -OCH3 is 1. The van der Waals surface area contributed by atoms with Gasteiger partial charge in [0.1, 0.15) is 5.75 Å². The Balaban J connectivity index is 1.89. The number of hydrogen-bond donors (Lipinski definition) is 2. The van der Waals surface area contributed by atoms with Crippen LogP contribution in [0, 0.1) is 0 Å². The molecule has 1 fully saturated rings. The van der Waals surface area contributed by atoms with Crippen LogP contribution >= 0.6 is 0 Å². The van der Waals surface area contributed by atoms with E-state index in [1.165, 1.54) is 42.6 Å². The van der Waals surface area contributed by atoms with Crippen molar-refractivity contribution in [2.45, 2.75) is 50.1 Å². The van der Waals surface area contributed by atoms with E-state index in [9.17, 15) is 21.6 Å². The van der Waals surface area contributed by atoms with E-state index in [2.05, 4.69) is 10.0 Å². The molecule has 0 bridgehead atoms. The summed E-state index contributed by atoms with van der Waals surface area (Å²) in [6, 6.07) is 4.70. The van der Waals surface area contributed by atoms with E-state index in [1.54, 1.807) is 0 Å². The van der Waals surface area contributed by atoms with Crippen molar-refractivity contribution < 1.29 is 26.4 Å². The second-order valence-electron chi connectivity index (χ2n) is 7.02. The topological polar surface area (TPSA) is 122 Å². The van der Waals surface area contributed by atoms with Crippen molar-refractivity contribution in [3.63, 3.8) is 0 Å². The number of nitrogens with one attached hydrogen (secondary N) is 2. The van der Waals surface area contributed by atoms with Crippen LogP contribution in [0.25, 0.3) is 0 Å². The number of carbonyl (C=O) groups excluding carboxylic acids is 1. The molecule has 1 atom stereocenters. The maximum Gasteiger partial charge on any atom is 0.241 e. The molecule has 1 aliphatic rings. The minimum absolute atomic E-state index is 0.0346. The molecule has 164 valence electrons. The van der Waals surface area contributed by atoms with Gasteiger partial charge in [0.05, 0.1) is 23.8 Å². The standard InChI is InChI=1S/C18H29N3O6S2/c1-4-13-28(23,24)21-11-9-15(10-12-21)19-18(22)14(2)20-29(25,26)17-7-5-16(27-3)6-8-17/h5-8,14-15,20H,4,9-13H2,1-3H3,(H,19,22)/t14-/m0/s1. The van der Waals surface area contributed by atoms with Crippen LogP contribution in [0.2, 0.25) is 0 Å². The van der Waals surface area contributed by atoms with Crippen molar-refractivity contribution in [3.05, 3.63) is 24.3 Å². The van der Waals surface area contributed by atoms with Gasteiger partial charge < -0.3 is 10.1 Å². The lowest BCUT2D eigenvalue weighted by Crippen LogP contribution is -2.51. The Labute approximate surface area is 172 Å². The number of sulfonamides is 2. The Morgan fingerprint density at radius 3 is 2.28 bits per heavy atom. The van der Waals surface area contributed by atoms with Crippen LogP contribution in [0.3, 0.4) is 0 Å². The van der Waals surface area contributed by atoms with E-state index in [1.807, 2.05) is 6.92 Å². The van der Waals surface area contributed by atoms with Gasteiger partial charge in [-0.3, -0.25) is 4.79 Å². The lowest BCUT2D eigenvalue weighted by Gasteiger charge is -2.32. The fourth-order valence-electron chi connectivity index (χ4n) is 3.10. The molecule has 0 unspecified atom stereocenters. The Hall–Kier alpha value is -1.69. The largest absolute Gasteiger partial charge is 0.497 e. The summed E-state index contributed by atoms with van der Waals surface area (Å²) in [7, 11) is -5.62. The fourth-order valence-corrected chi connectivity index (χ4v) is 5.84.